The van der Waals surface area contributed by atoms with Crippen molar-refractivity contribution in [3.05, 3.63) is 53.1 Å². The van der Waals surface area contributed by atoms with Crippen LogP contribution in [0, 0.1) is 5.82 Å². The van der Waals surface area contributed by atoms with Crippen molar-refractivity contribution in [1.82, 2.24) is 4.98 Å². The smallest absolute Gasteiger partial charge is 0.338 e. The number of halogens is 2. The fourth-order valence-corrected chi connectivity index (χ4v) is 2.82. The highest BCUT2D eigenvalue weighted by Gasteiger charge is 2.17. The van der Waals surface area contributed by atoms with Gasteiger partial charge in [-0.05, 0) is 30.3 Å². The molecule has 0 saturated carbocycles. The first kappa shape index (κ1) is 15.2. The molecule has 0 amide bonds. The number of benzene rings is 1. The number of hydrogen-bond donors (Lipinski definition) is 2. The van der Waals surface area contributed by atoms with Gasteiger partial charge in [0.1, 0.15) is 11.0 Å². The third-order valence-corrected chi connectivity index (χ3v) is 4.04. The third-order valence-electron chi connectivity index (χ3n) is 2.46. The van der Waals surface area contributed by atoms with Crippen LogP contribution in [-0.4, -0.2) is 24.5 Å². The largest absolute Gasteiger partial charge is 0.478 e. The van der Waals surface area contributed by atoms with Crippen LogP contribution < -0.4 is 4.72 Å². The van der Waals surface area contributed by atoms with E-state index in [0.29, 0.717) is 0 Å². The van der Waals surface area contributed by atoms with Gasteiger partial charge in [0.05, 0.1) is 10.5 Å². The number of anilines is 1. The molecule has 0 atom stereocenters. The molecule has 6 nitrogen and oxygen atoms in total. The molecule has 21 heavy (non-hydrogen) atoms. The van der Waals surface area contributed by atoms with Gasteiger partial charge in [0.2, 0.25) is 0 Å². The van der Waals surface area contributed by atoms with Gasteiger partial charge in [-0.3, -0.25) is 4.72 Å². The average molecular weight is 331 g/mol. The summed E-state index contributed by atoms with van der Waals surface area (Å²) in [6, 6.07) is 5.21. The summed E-state index contributed by atoms with van der Waals surface area (Å²) in [6.07, 6.45) is 1.21. The van der Waals surface area contributed by atoms with Crippen molar-refractivity contribution in [1.29, 1.82) is 0 Å². The minimum Gasteiger partial charge on any atom is -0.478 e. The second kappa shape index (κ2) is 5.66. The molecule has 0 aliphatic carbocycles. The molecule has 2 N–H and O–H groups in total. The van der Waals surface area contributed by atoms with Gasteiger partial charge in [-0.15, -0.1) is 0 Å². The number of pyridine rings is 1. The lowest BCUT2D eigenvalue weighted by Crippen LogP contribution is -2.14. The van der Waals surface area contributed by atoms with E-state index in [0.717, 1.165) is 24.3 Å². The van der Waals surface area contributed by atoms with Crippen LogP contribution in [0.1, 0.15) is 10.4 Å². The third kappa shape index (κ3) is 3.47. The topological polar surface area (TPSA) is 96.4 Å². The first-order chi connectivity index (χ1) is 9.79. The molecule has 0 bridgehead atoms. The van der Waals surface area contributed by atoms with Gasteiger partial charge in [-0.1, -0.05) is 11.6 Å². The molecular formula is C12H8ClFN2O4S. The molecule has 0 radical (unpaired) electrons. The Kier molecular flexibility index (Phi) is 4.10. The highest BCUT2D eigenvalue weighted by molar-refractivity contribution is 7.92. The SMILES string of the molecule is O=C(O)c1cc(NS(=O)(=O)c2ccnc(Cl)c2)ccc1F. The van der Waals surface area contributed by atoms with E-state index in [1.54, 1.807) is 0 Å². The first-order valence-corrected chi connectivity index (χ1v) is 7.33. The summed E-state index contributed by atoms with van der Waals surface area (Å²) in [5, 5.41) is 8.79. The van der Waals surface area contributed by atoms with Crippen molar-refractivity contribution in [2.45, 2.75) is 4.90 Å². The Hall–Kier alpha value is -2.19. The van der Waals surface area contributed by atoms with E-state index in [2.05, 4.69) is 9.71 Å². The number of sulfonamides is 1. The summed E-state index contributed by atoms with van der Waals surface area (Å²) in [7, 11) is -3.98. The molecule has 110 valence electrons. The second-order valence-corrected chi connectivity index (χ2v) is 5.99. The van der Waals surface area contributed by atoms with E-state index in [-0.39, 0.29) is 15.7 Å². The van der Waals surface area contributed by atoms with Crippen LogP contribution in [0.5, 0.6) is 0 Å². The lowest BCUT2D eigenvalue weighted by atomic mass is 10.2. The van der Waals surface area contributed by atoms with Crippen LogP contribution in [0.2, 0.25) is 5.15 Å². The molecule has 0 unspecified atom stereocenters. The summed E-state index contributed by atoms with van der Waals surface area (Å²) >= 11 is 5.61. The Labute approximate surface area is 124 Å². The maximum Gasteiger partial charge on any atom is 0.338 e. The molecule has 2 rings (SSSR count). The van der Waals surface area contributed by atoms with Crippen molar-refractivity contribution in [2.24, 2.45) is 0 Å². The molecule has 0 aliphatic heterocycles. The first-order valence-electron chi connectivity index (χ1n) is 5.47. The molecule has 9 heteroatoms. The van der Waals surface area contributed by atoms with Crippen LogP contribution in [-0.2, 0) is 10.0 Å². The van der Waals surface area contributed by atoms with Crippen LogP contribution >= 0.6 is 11.6 Å². The van der Waals surface area contributed by atoms with Crippen LogP contribution in [0.15, 0.2) is 41.4 Å². The van der Waals surface area contributed by atoms with E-state index in [1.165, 1.54) is 12.3 Å². The highest BCUT2D eigenvalue weighted by atomic mass is 35.5. The monoisotopic (exact) mass is 330 g/mol. The number of hydrogen-bond acceptors (Lipinski definition) is 4. The predicted molar refractivity (Wildman–Crippen MR) is 73.4 cm³/mol. The van der Waals surface area contributed by atoms with E-state index in [1.807, 2.05) is 0 Å². The van der Waals surface area contributed by atoms with E-state index in [4.69, 9.17) is 16.7 Å². The summed E-state index contributed by atoms with van der Waals surface area (Å²) in [4.78, 5) is 14.3. The van der Waals surface area contributed by atoms with Crippen molar-refractivity contribution in [2.75, 3.05) is 4.72 Å². The molecule has 1 aromatic carbocycles. The molecule has 0 fully saturated rings. The Morgan fingerprint density at radius 3 is 2.62 bits per heavy atom. The van der Waals surface area contributed by atoms with E-state index in [9.17, 15) is 17.6 Å². The van der Waals surface area contributed by atoms with Gasteiger partial charge >= 0.3 is 5.97 Å². The number of carboxylic acid groups (broad SMARTS) is 1. The van der Waals surface area contributed by atoms with Gasteiger partial charge in [0.15, 0.2) is 0 Å². The second-order valence-electron chi connectivity index (χ2n) is 3.92. The summed E-state index contributed by atoms with van der Waals surface area (Å²) in [6.45, 7) is 0. The van der Waals surface area contributed by atoms with Crippen molar-refractivity contribution in [3.8, 4) is 0 Å². The fraction of sp³-hybridized carbons (Fsp3) is 0. The van der Waals surface area contributed by atoms with Gasteiger partial charge in [0.25, 0.3) is 10.0 Å². The van der Waals surface area contributed by atoms with Gasteiger partial charge in [-0.25, -0.2) is 22.6 Å². The number of rotatable bonds is 4. The zero-order valence-corrected chi connectivity index (χ0v) is 11.8. The highest BCUT2D eigenvalue weighted by Crippen LogP contribution is 2.20. The molecular weight excluding hydrogens is 323 g/mol. The van der Waals surface area contributed by atoms with Crippen molar-refractivity contribution in [3.63, 3.8) is 0 Å². The number of carboxylic acids is 1. The average Bonchev–Trinajstić information content (AvgIpc) is 2.40. The lowest BCUT2D eigenvalue weighted by Gasteiger charge is -2.09. The maximum atomic E-state index is 13.2. The van der Waals surface area contributed by atoms with Crippen LogP contribution in [0.4, 0.5) is 10.1 Å². The zero-order chi connectivity index (χ0) is 15.6. The number of aromatic nitrogens is 1. The fourth-order valence-electron chi connectivity index (χ4n) is 1.52. The Morgan fingerprint density at radius 2 is 2.00 bits per heavy atom. The Bertz CT molecular complexity index is 811. The van der Waals surface area contributed by atoms with Crippen LogP contribution in [0.3, 0.4) is 0 Å². The van der Waals surface area contributed by atoms with Gasteiger partial charge in [0, 0.05) is 11.9 Å². The number of nitrogens with zero attached hydrogens (tertiary/aromatic N) is 1. The quantitative estimate of drug-likeness (QED) is 0.839. The summed E-state index contributed by atoms with van der Waals surface area (Å²) in [5.74, 6) is -2.46. The number of carbonyl (C=O) groups is 1. The zero-order valence-electron chi connectivity index (χ0n) is 10.2. The number of aromatic carboxylic acids is 1. The van der Waals surface area contributed by atoms with E-state index < -0.39 is 27.4 Å². The van der Waals surface area contributed by atoms with Gasteiger partial charge < -0.3 is 5.11 Å². The molecule has 0 saturated heterocycles. The summed E-state index contributed by atoms with van der Waals surface area (Å²) in [5.41, 5.74) is -0.718. The lowest BCUT2D eigenvalue weighted by molar-refractivity contribution is 0.0692. The molecule has 0 spiro atoms. The molecule has 0 aliphatic rings. The molecule has 1 aromatic heterocycles. The van der Waals surface area contributed by atoms with Crippen molar-refractivity contribution >= 4 is 33.3 Å². The normalized spacial score (nSPS) is 11.1. The maximum absolute atomic E-state index is 13.2. The molecule has 1 heterocycles. The van der Waals surface area contributed by atoms with Crippen LogP contribution in [0.25, 0.3) is 0 Å². The molecule has 2 aromatic rings. The Balaban J connectivity index is 2.37. The Morgan fingerprint density at radius 1 is 1.29 bits per heavy atom. The van der Waals surface area contributed by atoms with Crippen molar-refractivity contribution < 1.29 is 22.7 Å². The summed E-state index contributed by atoms with van der Waals surface area (Å²) < 4.78 is 39.5. The van der Waals surface area contributed by atoms with Gasteiger partial charge in [-0.2, -0.15) is 0 Å². The number of nitrogens with one attached hydrogen (secondary N) is 1. The standard InChI is InChI=1S/C12H8ClFN2O4S/c13-11-6-8(3-4-15-11)21(19,20)16-7-1-2-10(14)9(5-7)12(17)18/h1-6,16H,(H,17,18). The van der Waals surface area contributed by atoms with E-state index >= 15 is 0 Å². The minimum absolute atomic E-state index is 0.0109. The predicted octanol–water partition coefficient (Wildman–Crippen LogP) is 2.37. The minimum atomic E-state index is -3.98.